The SMILES string of the molecule is CC1(C)OC(c2ccccc2)C(c2ccccc2)=C1F. The Kier molecular flexibility index (Phi) is 3.19. The number of benzene rings is 2. The molecule has 0 aliphatic carbocycles. The van der Waals surface area contributed by atoms with Crippen molar-refractivity contribution >= 4 is 5.57 Å². The summed E-state index contributed by atoms with van der Waals surface area (Å²) >= 11 is 0. The Morgan fingerprint density at radius 3 is 2.05 bits per heavy atom. The van der Waals surface area contributed by atoms with Crippen LogP contribution in [-0.4, -0.2) is 5.60 Å². The van der Waals surface area contributed by atoms with Gasteiger partial charge >= 0.3 is 0 Å². The van der Waals surface area contributed by atoms with Crippen molar-refractivity contribution in [3.05, 3.63) is 77.6 Å². The van der Waals surface area contributed by atoms with Gasteiger partial charge in [-0.15, -0.1) is 0 Å². The van der Waals surface area contributed by atoms with Crippen molar-refractivity contribution in [2.45, 2.75) is 25.6 Å². The maximum Gasteiger partial charge on any atom is 0.138 e. The van der Waals surface area contributed by atoms with Gasteiger partial charge in [-0.25, -0.2) is 4.39 Å². The van der Waals surface area contributed by atoms with Crippen molar-refractivity contribution in [1.82, 2.24) is 0 Å². The van der Waals surface area contributed by atoms with Gasteiger partial charge in [-0.1, -0.05) is 60.7 Å². The van der Waals surface area contributed by atoms with E-state index in [2.05, 4.69) is 0 Å². The zero-order valence-corrected chi connectivity index (χ0v) is 11.6. The third-order valence-corrected chi connectivity index (χ3v) is 3.63. The van der Waals surface area contributed by atoms with E-state index >= 15 is 0 Å². The normalized spacial score (nSPS) is 21.2. The molecule has 0 saturated carbocycles. The van der Waals surface area contributed by atoms with E-state index in [1.54, 1.807) is 13.8 Å². The first-order valence-electron chi connectivity index (χ1n) is 6.78. The molecule has 0 spiro atoms. The van der Waals surface area contributed by atoms with Crippen LogP contribution in [0.15, 0.2) is 66.5 Å². The molecule has 0 saturated heterocycles. The predicted molar refractivity (Wildman–Crippen MR) is 78.8 cm³/mol. The van der Waals surface area contributed by atoms with Crippen LogP contribution in [0.1, 0.15) is 31.1 Å². The van der Waals surface area contributed by atoms with Gasteiger partial charge < -0.3 is 4.74 Å². The molecular formula is C18H17FO. The minimum Gasteiger partial charge on any atom is -0.356 e. The van der Waals surface area contributed by atoms with Crippen LogP contribution in [0.2, 0.25) is 0 Å². The molecule has 1 aliphatic heterocycles. The van der Waals surface area contributed by atoms with Gasteiger partial charge in [0.1, 0.15) is 17.5 Å². The molecule has 2 aromatic carbocycles. The van der Waals surface area contributed by atoms with Crippen molar-refractivity contribution in [2.75, 3.05) is 0 Å². The average Bonchev–Trinajstić information content (AvgIpc) is 2.72. The Labute approximate surface area is 118 Å². The number of hydrogen-bond acceptors (Lipinski definition) is 1. The molecular weight excluding hydrogens is 251 g/mol. The second-order valence-corrected chi connectivity index (χ2v) is 5.51. The topological polar surface area (TPSA) is 9.23 Å². The van der Waals surface area contributed by atoms with Gasteiger partial charge in [-0.3, -0.25) is 0 Å². The molecule has 0 aromatic heterocycles. The highest BCUT2D eigenvalue weighted by Crippen LogP contribution is 2.48. The molecule has 1 unspecified atom stereocenters. The van der Waals surface area contributed by atoms with Crippen LogP contribution < -0.4 is 0 Å². The third kappa shape index (κ3) is 2.16. The standard InChI is InChI=1S/C18H17FO/c1-18(2)17(19)15(13-9-5-3-6-10-13)16(20-18)14-11-7-4-8-12-14/h3-12,16H,1-2H3. The molecule has 20 heavy (non-hydrogen) atoms. The smallest absolute Gasteiger partial charge is 0.138 e. The molecule has 0 N–H and O–H groups in total. The molecule has 0 radical (unpaired) electrons. The van der Waals surface area contributed by atoms with Gasteiger partial charge in [0, 0.05) is 5.57 Å². The van der Waals surface area contributed by atoms with Gasteiger partial charge in [0.25, 0.3) is 0 Å². The first kappa shape index (κ1) is 13.1. The summed E-state index contributed by atoms with van der Waals surface area (Å²) in [5, 5.41) is 0. The zero-order chi connectivity index (χ0) is 14.2. The van der Waals surface area contributed by atoms with Crippen molar-refractivity contribution in [3.8, 4) is 0 Å². The summed E-state index contributed by atoms with van der Waals surface area (Å²) in [6, 6.07) is 19.4. The highest BCUT2D eigenvalue weighted by atomic mass is 19.1. The Hall–Kier alpha value is -1.93. The molecule has 0 amide bonds. The maximum absolute atomic E-state index is 14.7. The fourth-order valence-corrected chi connectivity index (χ4v) is 2.60. The average molecular weight is 268 g/mol. The molecule has 0 bridgehead atoms. The van der Waals surface area contributed by atoms with Gasteiger partial charge in [0.05, 0.1) is 0 Å². The lowest BCUT2D eigenvalue weighted by molar-refractivity contribution is -0.0126. The highest BCUT2D eigenvalue weighted by Gasteiger charge is 2.42. The van der Waals surface area contributed by atoms with Crippen LogP contribution in [0, 0.1) is 0 Å². The van der Waals surface area contributed by atoms with Gasteiger partial charge in [0.2, 0.25) is 0 Å². The zero-order valence-electron chi connectivity index (χ0n) is 11.6. The lowest BCUT2D eigenvalue weighted by atomic mass is 9.94. The van der Waals surface area contributed by atoms with E-state index in [4.69, 9.17) is 4.74 Å². The minimum absolute atomic E-state index is 0.183. The lowest BCUT2D eigenvalue weighted by Gasteiger charge is -2.20. The number of rotatable bonds is 2. The Morgan fingerprint density at radius 1 is 0.900 bits per heavy atom. The van der Waals surface area contributed by atoms with E-state index < -0.39 is 5.60 Å². The van der Waals surface area contributed by atoms with Gasteiger partial charge in [0.15, 0.2) is 0 Å². The Bertz CT molecular complexity index is 629. The Morgan fingerprint density at radius 2 is 1.45 bits per heavy atom. The summed E-state index contributed by atoms with van der Waals surface area (Å²) < 4.78 is 20.7. The van der Waals surface area contributed by atoms with Crippen LogP contribution in [0.3, 0.4) is 0 Å². The first-order valence-corrected chi connectivity index (χ1v) is 6.78. The van der Waals surface area contributed by atoms with E-state index in [1.165, 1.54) is 0 Å². The van der Waals surface area contributed by atoms with Crippen LogP contribution in [0.4, 0.5) is 4.39 Å². The van der Waals surface area contributed by atoms with Crippen LogP contribution in [0.25, 0.3) is 5.57 Å². The molecule has 1 atom stereocenters. The summed E-state index contributed by atoms with van der Waals surface area (Å²) in [4.78, 5) is 0. The maximum atomic E-state index is 14.7. The van der Waals surface area contributed by atoms with Crippen LogP contribution in [0.5, 0.6) is 0 Å². The largest absolute Gasteiger partial charge is 0.356 e. The summed E-state index contributed by atoms with van der Waals surface area (Å²) in [6.45, 7) is 3.54. The van der Waals surface area contributed by atoms with Crippen molar-refractivity contribution in [2.24, 2.45) is 0 Å². The van der Waals surface area contributed by atoms with Crippen molar-refractivity contribution < 1.29 is 9.13 Å². The number of hydrogen-bond donors (Lipinski definition) is 0. The third-order valence-electron chi connectivity index (χ3n) is 3.63. The second-order valence-electron chi connectivity index (χ2n) is 5.51. The molecule has 102 valence electrons. The number of ether oxygens (including phenoxy) is 1. The Balaban J connectivity index is 2.13. The molecule has 1 nitrogen and oxygen atoms in total. The van der Waals surface area contributed by atoms with E-state index in [0.717, 1.165) is 11.1 Å². The van der Waals surface area contributed by atoms with Crippen LogP contribution in [-0.2, 0) is 4.74 Å². The van der Waals surface area contributed by atoms with Gasteiger partial charge in [-0.05, 0) is 25.0 Å². The lowest BCUT2D eigenvalue weighted by Crippen LogP contribution is -2.20. The summed E-state index contributed by atoms with van der Waals surface area (Å²) in [5.41, 5.74) is 1.62. The molecule has 0 fully saturated rings. The predicted octanol–water partition coefficient (Wildman–Crippen LogP) is 4.92. The summed E-state index contributed by atoms with van der Waals surface area (Å²) in [6.07, 6.45) is -0.353. The van der Waals surface area contributed by atoms with Crippen LogP contribution >= 0.6 is 0 Å². The first-order chi connectivity index (χ1) is 9.59. The number of halogens is 1. The molecule has 3 rings (SSSR count). The summed E-state index contributed by atoms with van der Waals surface area (Å²) in [5.74, 6) is -0.183. The van der Waals surface area contributed by atoms with E-state index in [1.807, 2.05) is 60.7 Å². The van der Waals surface area contributed by atoms with Gasteiger partial charge in [-0.2, -0.15) is 0 Å². The monoisotopic (exact) mass is 268 g/mol. The van der Waals surface area contributed by atoms with E-state index in [0.29, 0.717) is 5.57 Å². The van der Waals surface area contributed by atoms with Crippen molar-refractivity contribution in [1.29, 1.82) is 0 Å². The quantitative estimate of drug-likeness (QED) is 0.751. The van der Waals surface area contributed by atoms with Crippen molar-refractivity contribution in [3.63, 3.8) is 0 Å². The minimum atomic E-state index is -0.883. The second kappa shape index (κ2) is 4.88. The molecule has 2 aromatic rings. The fourth-order valence-electron chi connectivity index (χ4n) is 2.60. The van der Waals surface area contributed by atoms with E-state index in [-0.39, 0.29) is 11.9 Å². The fraction of sp³-hybridized carbons (Fsp3) is 0.222. The molecule has 1 heterocycles. The molecule has 1 aliphatic rings. The molecule has 2 heteroatoms. The highest BCUT2D eigenvalue weighted by molar-refractivity contribution is 5.75. The summed E-state index contributed by atoms with van der Waals surface area (Å²) in [7, 11) is 0. The van der Waals surface area contributed by atoms with E-state index in [9.17, 15) is 4.39 Å².